The molecule has 78 valence electrons. The van der Waals surface area contributed by atoms with Crippen LogP contribution in [0.5, 0.6) is 0 Å². The average Bonchev–Trinajstić information content (AvgIpc) is 2.20. The fourth-order valence-corrected chi connectivity index (χ4v) is 1.83. The quantitative estimate of drug-likeness (QED) is 0.702. The molecule has 0 radical (unpaired) electrons. The third-order valence-corrected chi connectivity index (χ3v) is 2.66. The monoisotopic (exact) mass is 191 g/mol. The van der Waals surface area contributed by atoms with Gasteiger partial charge in [-0.15, -0.1) is 0 Å². The molecule has 14 heavy (non-hydrogen) atoms. The van der Waals surface area contributed by atoms with Crippen molar-refractivity contribution < 1.29 is 0 Å². The van der Waals surface area contributed by atoms with Crippen molar-refractivity contribution in [1.29, 1.82) is 0 Å². The molecule has 0 bridgehead atoms. The van der Waals surface area contributed by atoms with Crippen LogP contribution in [0.2, 0.25) is 0 Å². The molecule has 0 saturated carbocycles. The fraction of sp³-hybridized carbons (Fsp3) is 0.538. The van der Waals surface area contributed by atoms with Crippen LogP contribution in [0, 0.1) is 0 Å². The molecule has 1 aromatic carbocycles. The summed E-state index contributed by atoms with van der Waals surface area (Å²) in [6.07, 6.45) is 0. The summed E-state index contributed by atoms with van der Waals surface area (Å²) in [5.41, 5.74) is 2.85. The number of anilines is 1. The molecule has 0 fully saturated rings. The highest BCUT2D eigenvalue weighted by molar-refractivity contribution is 5.54. The zero-order valence-electron chi connectivity index (χ0n) is 9.75. The van der Waals surface area contributed by atoms with Crippen LogP contribution in [0.25, 0.3) is 0 Å². The minimum Gasteiger partial charge on any atom is -0.372 e. The Morgan fingerprint density at radius 1 is 1.07 bits per heavy atom. The van der Waals surface area contributed by atoms with Crippen LogP contribution in [-0.4, -0.2) is 13.1 Å². The second-order valence-electron chi connectivity index (χ2n) is 3.89. The van der Waals surface area contributed by atoms with Crippen molar-refractivity contribution in [2.45, 2.75) is 33.6 Å². The van der Waals surface area contributed by atoms with Crippen LogP contribution in [0.3, 0.4) is 0 Å². The molecule has 0 unspecified atom stereocenters. The molecule has 1 nitrogen and oxygen atoms in total. The number of hydrogen-bond acceptors (Lipinski definition) is 1. The fourth-order valence-electron chi connectivity index (χ4n) is 1.83. The van der Waals surface area contributed by atoms with Gasteiger partial charge in [-0.25, -0.2) is 0 Å². The van der Waals surface area contributed by atoms with Crippen LogP contribution in [-0.2, 0) is 0 Å². The van der Waals surface area contributed by atoms with Crippen molar-refractivity contribution in [2.75, 3.05) is 18.0 Å². The molecular weight excluding hydrogens is 170 g/mol. The maximum Gasteiger partial charge on any atom is 0.0401 e. The van der Waals surface area contributed by atoms with E-state index >= 15 is 0 Å². The number of rotatable bonds is 4. The van der Waals surface area contributed by atoms with Gasteiger partial charge in [-0.3, -0.25) is 0 Å². The highest BCUT2D eigenvalue weighted by atomic mass is 15.1. The van der Waals surface area contributed by atoms with Gasteiger partial charge in [0.2, 0.25) is 0 Å². The molecule has 1 heteroatoms. The lowest BCUT2D eigenvalue weighted by molar-refractivity contribution is 0.817. The SMILES string of the molecule is CCN(CC)c1ccccc1C(C)C. The van der Waals surface area contributed by atoms with Gasteiger partial charge in [0.05, 0.1) is 0 Å². The molecule has 1 aromatic rings. The molecule has 0 aliphatic carbocycles. The minimum absolute atomic E-state index is 0.604. The molecule has 0 aliphatic rings. The van der Waals surface area contributed by atoms with Crippen LogP contribution >= 0.6 is 0 Å². The summed E-state index contributed by atoms with van der Waals surface area (Å²) in [6.45, 7) is 11.1. The standard InChI is InChI=1S/C13H21N/c1-5-14(6-2)13-10-8-7-9-12(13)11(3)4/h7-11H,5-6H2,1-4H3. The highest BCUT2D eigenvalue weighted by Gasteiger charge is 2.09. The Bertz CT molecular complexity index is 274. The van der Waals surface area contributed by atoms with Crippen molar-refractivity contribution in [3.63, 3.8) is 0 Å². The van der Waals surface area contributed by atoms with E-state index in [2.05, 4.69) is 56.9 Å². The maximum absolute atomic E-state index is 2.41. The lowest BCUT2D eigenvalue weighted by atomic mass is 10.0. The first-order valence-corrected chi connectivity index (χ1v) is 5.54. The van der Waals surface area contributed by atoms with Crippen molar-refractivity contribution in [3.8, 4) is 0 Å². The lowest BCUT2D eigenvalue weighted by Gasteiger charge is -2.25. The van der Waals surface area contributed by atoms with Crippen molar-refractivity contribution in [1.82, 2.24) is 0 Å². The third kappa shape index (κ3) is 2.28. The van der Waals surface area contributed by atoms with Gasteiger partial charge in [0.25, 0.3) is 0 Å². The van der Waals surface area contributed by atoms with E-state index in [1.54, 1.807) is 0 Å². The van der Waals surface area contributed by atoms with E-state index < -0.39 is 0 Å². The Labute approximate surface area is 87.7 Å². The predicted molar refractivity (Wildman–Crippen MR) is 64.1 cm³/mol. The molecular formula is C13H21N. The molecule has 0 heterocycles. The smallest absolute Gasteiger partial charge is 0.0401 e. The summed E-state index contributed by atoms with van der Waals surface area (Å²) in [7, 11) is 0. The van der Waals surface area contributed by atoms with E-state index in [4.69, 9.17) is 0 Å². The van der Waals surface area contributed by atoms with Crippen molar-refractivity contribution >= 4 is 5.69 Å². The Balaban J connectivity index is 3.05. The van der Waals surface area contributed by atoms with Gasteiger partial charge in [0, 0.05) is 18.8 Å². The molecule has 0 aliphatic heterocycles. The topological polar surface area (TPSA) is 3.24 Å². The van der Waals surface area contributed by atoms with Crippen LogP contribution < -0.4 is 4.90 Å². The van der Waals surface area contributed by atoms with E-state index in [0.29, 0.717) is 5.92 Å². The zero-order valence-corrected chi connectivity index (χ0v) is 9.75. The van der Waals surface area contributed by atoms with Gasteiger partial charge in [0.1, 0.15) is 0 Å². The molecule has 0 N–H and O–H groups in total. The summed E-state index contributed by atoms with van der Waals surface area (Å²) >= 11 is 0. The Morgan fingerprint density at radius 3 is 2.14 bits per heavy atom. The van der Waals surface area contributed by atoms with Crippen molar-refractivity contribution in [2.24, 2.45) is 0 Å². The highest BCUT2D eigenvalue weighted by Crippen LogP contribution is 2.26. The largest absolute Gasteiger partial charge is 0.372 e. The number of benzene rings is 1. The number of nitrogens with zero attached hydrogens (tertiary/aromatic N) is 1. The third-order valence-electron chi connectivity index (χ3n) is 2.66. The number of para-hydroxylation sites is 1. The number of hydrogen-bond donors (Lipinski definition) is 0. The van der Waals surface area contributed by atoms with Gasteiger partial charge < -0.3 is 4.90 Å². The summed E-state index contributed by atoms with van der Waals surface area (Å²) in [4.78, 5) is 2.41. The first-order chi connectivity index (χ1) is 6.70. The Morgan fingerprint density at radius 2 is 1.64 bits per heavy atom. The predicted octanol–water partition coefficient (Wildman–Crippen LogP) is 3.66. The molecule has 0 saturated heterocycles. The summed E-state index contributed by atoms with van der Waals surface area (Å²) < 4.78 is 0. The van der Waals surface area contributed by atoms with E-state index in [0.717, 1.165) is 13.1 Å². The second-order valence-corrected chi connectivity index (χ2v) is 3.89. The van der Waals surface area contributed by atoms with Crippen LogP contribution in [0.1, 0.15) is 39.2 Å². The Hall–Kier alpha value is -0.980. The molecule has 0 aromatic heterocycles. The average molecular weight is 191 g/mol. The van der Waals surface area contributed by atoms with E-state index in [1.165, 1.54) is 11.3 Å². The van der Waals surface area contributed by atoms with Crippen molar-refractivity contribution in [3.05, 3.63) is 29.8 Å². The van der Waals surface area contributed by atoms with Gasteiger partial charge in [0.15, 0.2) is 0 Å². The first-order valence-electron chi connectivity index (χ1n) is 5.54. The minimum atomic E-state index is 0.604. The first kappa shape index (κ1) is 11.1. The van der Waals surface area contributed by atoms with Gasteiger partial charge in [-0.1, -0.05) is 32.0 Å². The molecule has 1 rings (SSSR count). The normalized spacial score (nSPS) is 10.6. The van der Waals surface area contributed by atoms with E-state index in [1.807, 2.05) is 0 Å². The van der Waals surface area contributed by atoms with E-state index in [9.17, 15) is 0 Å². The summed E-state index contributed by atoms with van der Waals surface area (Å²) in [5.74, 6) is 0.604. The van der Waals surface area contributed by atoms with Gasteiger partial charge in [-0.05, 0) is 31.4 Å². The van der Waals surface area contributed by atoms with Crippen LogP contribution in [0.15, 0.2) is 24.3 Å². The Kier molecular flexibility index (Phi) is 3.99. The van der Waals surface area contributed by atoms with Gasteiger partial charge >= 0.3 is 0 Å². The second kappa shape index (κ2) is 5.04. The lowest BCUT2D eigenvalue weighted by Crippen LogP contribution is -2.23. The van der Waals surface area contributed by atoms with Gasteiger partial charge in [-0.2, -0.15) is 0 Å². The van der Waals surface area contributed by atoms with E-state index in [-0.39, 0.29) is 0 Å². The van der Waals surface area contributed by atoms with Crippen LogP contribution in [0.4, 0.5) is 5.69 Å². The summed E-state index contributed by atoms with van der Waals surface area (Å²) in [5, 5.41) is 0. The summed E-state index contributed by atoms with van der Waals surface area (Å²) in [6, 6.07) is 8.71. The molecule has 0 amide bonds. The molecule has 0 spiro atoms. The zero-order chi connectivity index (χ0) is 10.6. The molecule has 0 atom stereocenters. The maximum atomic E-state index is 2.41.